The molecule has 0 aliphatic heterocycles. The van der Waals surface area contributed by atoms with Gasteiger partial charge in [0.2, 0.25) is 0 Å². The molecular weight excluding hydrogens is 226 g/mol. The van der Waals surface area contributed by atoms with Crippen molar-refractivity contribution in [2.75, 3.05) is 0 Å². The van der Waals surface area contributed by atoms with Crippen molar-refractivity contribution in [3.63, 3.8) is 0 Å². The lowest BCUT2D eigenvalue weighted by Gasteiger charge is -1.98. The number of H-pyrrole nitrogens is 1. The van der Waals surface area contributed by atoms with E-state index in [1.165, 1.54) is 4.68 Å². The molecular formula is C14H11N3O. The summed E-state index contributed by atoms with van der Waals surface area (Å²) in [5.41, 5.74) is 1.87. The van der Waals surface area contributed by atoms with E-state index in [0.717, 1.165) is 11.3 Å². The normalized spacial score (nSPS) is 10.4. The molecule has 0 fully saturated rings. The summed E-state index contributed by atoms with van der Waals surface area (Å²) in [4.78, 5) is 12.2. The van der Waals surface area contributed by atoms with Crippen LogP contribution in [0.1, 0.15) is 0 Å². The van der Waals surface area contributed by atoms with Crippen LogP contribution in [-0.2, 0) is 0 Å². The van der Waals surface area contributed by atoms with E-state index < -0.39 is 0 Å². The molecule has 18 heavy (non-hydrogen) atoms. The third-order valence-electron chi connectivity index (χ3n) is 2.73. The van der Waals surface area contributed by atoms with E-state index >= 15 is 0 Å². The highest BCUT2D eigenvalue weighted by Crippen LogP contribution is 2.12. The molecule has 0 atom stereocenters. The van der Waals surface area contributed by atoms with Gasteiger partial charge in [-0.15, -0.1) is 0 Å². The van der Waals surface area contributed by atoms with Crippen LogP contribution >= 0.6 is 0 Å². The number of nitrogens with zero attached hydrogens (tertiary/aromatic N) is 2. The van der Waals surface area contributed by atoms with Gasteiger partial charge in [-0.1, -0.05) is 48.5 Å². The third-order valence-corrected chi connectivity index (χ3v) is 2.73. The lowest BCUT2D eigenvalue weighted by Crippen LogP contribution is -2.15. The van der Waals surface area contributed by atoms with Gasteiger partial charge in [0, 0.05) is 5.56 Å². The molecule has 0 radical (unpaired) electrons. The van der Waals surface area contributed by atoms with Crippen molar-refractivity contribution in [1.29, 1.82) is 0 Å². The Balaban J connectivity index is 2.12. The Morgan fingerprint density at radius 3 is 2.17 bits per heavy atom. The van der Waals surface area contributed by atoms with Gasteiger partial charge < -0.3 is 0 Å². The van der Waals surface area contributed by atoms with Crippen LogP contribution in [0.25, 0.3) is 16.9 Å². The highest BCUT2D eigenvalue weighted by atomic mass is 16.1. The van der Waals surface area contributed by atoms with Gasteiger partial charge in [0.25, 0.3) is 5.56 Å². The molecule has 0 amide bonds. The summed E-state index contributed by atoms with van der Waals surface area (Å²) in [6.45, 7) is 0. The van der Waals surface area contributed by atoms with E-state index in [-0.39, 0.29) is 5.56 Å². The zero-order chi connectivity index (χ0) is 12.4. The molecule has 2 aromatic carbocycles. The zero-order valence-corrected chi connectivity index (χ0v) is 9.58. The number of benzene rings is 2. The lowest BCUT2D eigenvalue weighted by atomic mass is 10.2. The Morgan fingerprint density at radius 1 is 0.889 bits per heavy atom. The molecule has 1 heterocycles. The fourth-order valence-electron chi connectivity index (χ4n) is 1.84. The zero-order valence-electron chi connectivity index (χ0n) is 9.58. The smallest absolute Gasteiger partial charge is 0.265 e. The van der Waals surface area contributed by atoms with Crippen LogP contribution < -0.4 is 5.56 Å². The summed E-state index contributed by atoms with van der Waals surface area (Å²) in [5.74, 6) is 0. The number of aromatic amines is 1. The lowest BCUT2D eigenvalue weighted by molar-refractivity contribution is 0.786. The minimum absolute atomic E-state index is 0.146. The van der Waals surface area contributed by atoms with Gasteiger partial charge in [-0.05, 0) is 12.1 Å². The second-order valence-electron chi connectivity index (χ2n) is 3.90. The molecule has 1 N–H and O–H groups in total. The van der Waals surface area contributed by atoms with Crippen molar-refractivity contribution in [1.82, 2.24) is 15.0 Å². The van der Waals surface area contributed by atoms with E-state index in [2.05, 4.69) is 10.3 Å². The number of hydrogen-bond donors (Lipinski definition) is 1. The van der Waals surface area contributed by atoms with Crippen molar-refractivity contribution in [3.05, 3.63) is 71.0 Å². The molecule has 3 rings (SSSR count). The minimum Gasteiger partial charge on any atom is -0.265 e. The predicted molar refractivity (Wildman–Crippen MR) is 69.6 cm³/mol. The van der Waals surface area contributed by atoms with Gasteiger partial charge in [0.15, 0.2) is 5.69 Å². The molecule has 0 aliphatic carbocycles. The van der Waals surface area contributed by atoms with Gasteiger partial charge in [0.05, 0.1) is 5.69 Å². The maximum absolute atomic E-state index is 12.2. The predicted octanol–water partition coefficient (Wildman–Crippen LogP) is 2.23. The summed E-state index contributed by atoms with van der Waals surface area (Å²) in [7, 11) is 0. The van der Waals surface area contributed by atoms with Gasteiger partial charge in [0.1, 0.15) is 0 Å². The highest BCUT2D eigenvalue weighted by Gasteiger charge is 2.10. The second-order valence-corrected chi connectivity index (χ2v) is 3.90. The first kappa shape index (κ1) is 10.5. The second kappa shape index (κ2) is 4.33. The number of nitrogens with one attached hydrogen (secondary N) is 1. The van der Waals surface area contributed by atoms with E-state index in [1.807, 2.05) is 60.7 Å². The Hall–Kier alpha value is -2.62. The van der Waals surface area contributed by atoms with E-state index in [1.54, 1.807) is 0 Å². The van der Waals surface area contributed by atoms with Crippen LogP contribution in [-0.4, -0.2) is 15.0 Å². The molecule has 4 nitrogen and oxygen atoms in total. The van der Waals surface area contributed by atoms with Crippen LogP contribution in [0.4, 0.5) is 0 Å². The highest BCUT2D eigenvalue weighted by molar-refractivity contribution is 5.57. The van der Waals surface area contributed by atoms with Crippen LogP contribution in [0, 0.1) is 0 Å². The van der Waals surface area contributed by atoms with E-state index in [9.17, 15) is 4.79 Å². The fraction of sp³-hybridized carbons (Fsp3) is 0. The van der Waals surface area contributed by atoms with Gasteiger partial charge >= 0.3 is 0 Å². The first-order valence-corrected chi connectivity index (χ1v) is 5.64. The Kier molecular flexibility index (Phi) is 2.53. The van der Waals surface area contributed by atoms with Crippen molar-refractivity contribution < 1.29 is 0 Å². The molecule has 4 heteroatoms. The average molecular weight is 237 g/mol. The van der Waals surface area contributed by atoms with E-state index in [4.69, 9.17) is 0 Å². The van der Waals surface area contributed by atoms with Crippen molar-refractivity contribution in [2.45, 2.75) is 0 Å². The Morgan fingerprint density at radius 2 is 1.50 bits per heavy atom. The minimum atomic E-state index is -0.146. The topological polar surface area (TPSA) is 50.7 Å². The van der Waals surface area contributed by atoms with Crippen LogP contribution in [0.15, 0.2) is 65.5 Å². The van der Waals surface area contributed by atoms with Gasteiger partial charge in [-0.2, -0.15) is 5.10 Å². The summed E-state index contributed by atoms with van der Waals surface area (Å²) < 4.78 is 1.43. The van der Waals surface area contributed by atoms with Gasteiger partial charge in [-0.3, -0.25) is 4.79 Å². The number of hydrogen-bond acceptors (Lipinski definition) is 2. The molecule has 0 spiro atoms. The maximum Gasteiger partial charge on any atom is 0.299 e. The van der Waals surface area contributed by atoms with Gasteiger partial charge in [-0.25, -0.2) is 9.90 Å². The summed E-state index contributed by atoms with van der Waals surface area (Å²) in [6, 6.07) is 18.8. The molecule has 0 saturated heterocycles. The van der Waals surface area contributed by atoms with Crippen molar-refractivity contribution in [2.24, 2.45) is 0 Å². The molecule has 0 unspecified atom stereocenters. The fourth-order valence-corrected chi connectivity index (χ4v) is 1.84. The quantitative estimate of drug-likeness (QED) is 0.743. The monoisotopic (exact) mass is 237 g/mol. The van der Waals surface area contributed by atoms with Crippen LogP contribution in [0.5, 0.6) is 0 Å². The summed E-state index contributed by atoms with van der Waals surface area (Å²) in [6.07, 6.45) is 0. The Bertz CT molecular complexity index is 639. The maximum atomic E-state index is 12.2. The molecule has 0 aliphatic rings. The summed E-state index contributed by atoms with van der Waals surface area (Å²) in [5, 5.41) is 6.83. The first-order chi connectivity index (χ1) is 8.86. The van der Waals surface area contributed by atoms with Crippen molar-refractivity contribution >= 4 is 0 Å². The number of aromatic nitrogens is 3. The first-order valence-electron chi connectivity index (χ1n) is 5.64. The Labute approximate surface area is 104 Å². The van der Waals surface area contributed by atoms with E-state index in [0.29, 0.717) is 5.69 Å². The SMILES string of the molecule is O=c1c(-c2ccccc2)n[nH]n1-c1ccccc1. The molecule has 88 valence electrons. The molecule has 3 aromatic rings. The summed E-state index contributed by atoms with van der Waals surface area (Å²) >= 11 is 0. The number of para-hydroxylation sites is 1. The average Bonchev–Trinajstić information content (AvgIpc) is 2.83. The molecule has 1 aromatic heterocycles. The molecule has 0 bridgehead atoms. The number of rotatable bonds is 2. The van der Waals surface area contributed by atoms with Crippen molar-refractivity contribution in [3.8, 4) is 16.9 Å². The van der Waals surface area contributed by atoms with Crippen LogP contribution in [0.2, 0.25) is 0 Å². The standard InChI is InChI=1S/C14H11N3O/c18-14-13(11-7-3-1-4-8-11)15-16-17(14)12-9-5-2-6-10-12/h1-10,16H. The third kappa shape index (κ3) is 1.73. The van der Waals surface area contributed by atoms with Crippen LogP contribution in [0.3, 0.4) is 0 Å². The molecule has 0 saturated carbocycles. The largest absolute Gasteiger partial charge is 0.299 e.